The molecule has 0 aliphatic carbocycles. The Labute approximate surface area is 362 Å². The lowest BCUT2D eigenvalue weighted by Crippen LogP contribution is -2.59. The SMILES string of the molecule is CC(=O)N[C@@H](Cc1ccccc1)C(=O)N[C@H]1CCCNC(=O)[C@H](CCCN=C(N)N)CC(=O)[C@H](Cc2c[nH]c3ccccc23)NC(=O)[C@@H](CC(C)C)NC(=O)[C@@H]2CCCN2C1=O. The topological polar surface area (TPSA) is 263 Å². The molecule has 62 heavy (non-hydrogen) atoms. The molecule has 3 heterocycles. The van der Waals surface area contributed by atoms with E-state index in [-0.39, 0.29) is 82.2 Å². The van der Waals surface area contributed by atoms with E-state index >= 15 is 0 Å². The third-order valence-corrected chi connectivity index (χ3v) is 11.4. The first kappa shape index (κ1) is 46.8. The van der Waals surface area contributed by atoms with Crippen molar-refractivity contribution in [2.75, 3.05) is 19.6 Å². The van der Waals surface area contributed by atoms with Crippen LogP contribution in [0.15, 0.2) is 65.8 Å². The molecule has 17 nitrogen and oxygen atoms in total. The summed E-state index contributed by atoms with van der Waals surface area (Å²) in [7, 11) is 0. The van der Waals surface area contributed by atoms with Crippen molar-refractivity contribution in [2.45, 2.75) is 115 Å². The second-order valence-electron chi connectivity index (χ2n) is 16.8. The molecule has 2 saturated heterocycles. The van der Waals surface area contributed by atoms with E-state index in [2.05, 4.69) is 36.6 Å². The van der Waals surface area contributed by atoms with Crippen LogP contribution in [0.2, 0.25) is 0 Å². The number of benzene rings is 2. The van der Waals surface area contributed by atoms with Crippen molar-refractivity contribution >= 4 is 58.1 Å². The number of rotatable bonds is 13. The van der Waals surface area contributed by atoms with Gasteiger partial charge in [-0.25, -0.2) is 0 Å². The maximum Gasteiger partial charge on any atom is 0.245 e. The van der Waals surface area contributed by atoms with Gasteiger partial charge in [-0.3, -0.25) is 38.6 Å². The summed E-state index contributed by atoms with van der Waals surface area (Å²) in [5.41, 5.74) is 13.5. The van der Waals surface area contributed by atoms with E-state index < -0.39 is 71.6 Å². The van der Waals surface area contributed by atoms with Crippen molar-refractivity contribution in [1.29, 1.82) is 0 Å². The molecule has 0 radical (unpaired) electrons. The minimum atomic E-state index is -1.12. The molecule has 0 bridgehead atoms. The lowest BCUT2D eigenvalue weighted by molar-refractivity contribution is -0.142. The number of guanidine groups is 1. The molecule has 6 atom stereocenters. The third-order valence-electron chi connectivity index (χ3n) is 11.4. The summed E-state index contributed by atoms with van der Waals surface area (Å²) in [6.07, 6.45) is 3.97. The van der Waals surface area contributed by atoms with Gasteiger partial charge in [-0.1, -0.05) is 62.4 Å². The fraction of sp³-hybridized carbons (Fsp3) is 0.511. The fourth-order valence-electron chi connectivity index (χ4n) is 8.27. The predicted octanol–water partition coefficient (Wildman–Crippen LogP) is 1.49. The summed E-state index contributed by atoms with van der Waals surface area (Å²) in [6.45, 7) is 5.71. The van der Waals surface area contributed by atoms with Crippen molar-refractivity contribution in [3.63, 3.8) is 0 Å². The number of carbonyl (C=O) groups is 7. The summed E-state index contributed by atoms with van der Waals surface area (Å²) in [5, 5.41) is 15.2. The Bertz CT molecular complexity index is 2080. The summed E-state index contributed by atoms with van der Waals surface area (Å²) >= 11 is 0. The summed E-state index contributed by atoms with van der Waals surface area (Å²) < 4.78 is 0. The highest BCUT2D eigenvalue weighted by Crippen LogP contribution is 2.24. The van der Waals surface area contributed by atoms with E-state index in [0.717, 1.165) is 22.0 Å². The van der Waals surface area contributed by atoms with Gasteiger partial charge >= 0.3 is 0 Å². The van der Waals surface area contributed by atoms with Crippen LogP contribution in [0.3, 0.4) is 0 Å². The second kappa shape index (κ2) is 22.5. The number of hydrogen-bond acceptors (Lipinski definition) is 8. The van der Waals surface area contributed by atoms with Crippen LogP contribution in [0, 0.1) is 11.8 Å². The molecule has 334 valence electrons. The quantitative estimate of drug-likeness (QED) is 0.0703. The van der Waals surface area contributed by atoms with Crippen molar-refractivity contribution in [3.05, 3.63) is 71.9 Å². The number of H-pyrrole nitrogens is 1. The first-order valence-corrected chi connectivity index (χ1v) is 21.6. The van der Waals surface area contributed by atoms with Crippen LogP contribution >= 0.6 is 0 Å². The molecule has 2 aliphatic rings. The number of aromatic amines is 1. The Morgan fingerprint density at radius 2 is 1.63 bits per heavy atom. The van der Waals surface area contributed by atoms with Gasteiger partial charge in [0.15, 0.2) is 11.7 Å². The van der Waals surface area contributed by atoms with Gasteiger partial charge in [0.05, 0.1) is 6.04 Å². The van der Waals surface area contributed by atoms with E-state index in [1.54, 1.807) is 6.20 Å². The second-order valence-corrected chi connectivity index (χ2v) is 16.8. The number of hydrogen-bond donors (Lipinski definition) is 8. The van der Waals surface area contributed by atoms with E-state index in [0.29, 0.717) is 19.3 Å². The molecule has 2 aliphatic heterocycles. The highest BCUT2D eigenvalue weighted by Gasteiger charge is 2.40. The maximum absolute atomic E-state index is 14.5. The minimum absolute atomic E-state index is 0.0432. The third kappa shape index (κ3) is 13.4. The Balaban J connectivity index is 1.46. The van der Waals surface area contributed by atoms with Crippen LogP contribution < -0.4 is 38.1 Å². The van der Waals surface area contributed by atoms with Gasteiger partial charge in [0, 0.05) is 68.8 Å². The first-order chi connectivity index (χ1) is 29.7. The molecule has 6 amide bonds. The van der Waals surface area contributed by atoms with Gasteiger partial charge in [-0.05, 0) is 68.1 Å². The smallest absolute Gasteiger partial charge is 0.245 e. The van der Waals surface area contributed by atoms with Crippen LogP contribution in [0.1, 0.15) is 83.3 Å². The minimum Gasteiger partial charge on any atom is -0.370 e. The lowest BCUT2D eigenvalue weighted by atomic mass is 9.90. The molecule has 2 fully saturated rings. The molecule has 17 heteroatoms. The fourth-order valence-corrected chi connectivity index (χ4v) is 8.27. The number of fused-ring (bicyclic) bond motifs is 2. The molecule has 10 N–H and O–H groups in total. The van der Waals surface area contributed by atoms with Gasteiger partial charge in [-0.2, -0.15) is 0 Å². The standard InChI is InChI=1S/C45H62N10O7/c1-27(2)22-36-41(59)53-35(24-31-26-50-33-16-8-7-15-32(31)33)39(57)25-30(14-9-20-49-45(46)47)40(58)48-19-10-17-34(44(62)55-21-11-18-38(55)43(61)54-36)52-42(60)37(51-28(3)56)23-29-12-5-4-6-13-29/h4-8,12-13,15-16,26-27,30,34-38,50H,9-11,14,17-25H2,1-3H3,(H,48,58)(H,51,56)(H,52,60)(H,53,59)(H,54,61)(H4,46,47,49)/t30-,34+,35+,36-,37+,38+/m1/s1. The number of carbonyl (C=O) groups excluding carboxylic acids is 7. The Morgan fingerprint density at radius 1 is 0.903 bits per heavy atom. The Kier molecular flexibility index (Phi) is 17.0. The largest absolute Gasteiger partial charge is 0.370 e. The first-order valence-electron chi connectivity index (χ1n) is 21.6. The van der Waals surface area contributed by atoms with Crippen LogP contribution in [0.4, 0.5) is 0 Å². The zero-order valence-electron chi connectivity index (χ0n) is 35.9. The van der Waals surface area contributed by atoms with Gasteiger partial charge in [-0.15, -0.1) is 0 Å². The number of para-hydroxylation sites is 1. The zero-order valence-corrected chi connectivity index (χ0v) is 35.9. The van der Waals surface area contributed by atoms with Crippen molar-refractivity contribution < 1.29 is 33.6 Å². The van der Waals surface area contributed by atoms with Crippen LogP contribution in [0.25, 0.3) is 10.9 Å². The zero-order chi connectivity index (χ0) is 44.8. The molecule has 3 aromatic rings. The average Bonchev–Trinajstić information content (AvgIpc) is 3.89. The van der Waals surface area contributed by atoms with Crippen molar-refractivity contribution in [3.8, 4) is 0 Å². The number of nitrogens with zero attached hydrogens (tertiary/aromatic N) is 2. The molecular formula is C45H62N10O7. The number of aliphatic imine (C=N–C) groups is 1. The number of nitrogens with one attached hydrogen (secondary N) is 6. The van der Waals surface area contributed by atoms with Gasteiger partial charge in [0.25, 0.3) is 0 Å². The van der Waals surface area contributed by atoms with E-state index in [1.165, 1.54) is 11.8 Å². The van der Waals surface area contributed by atoms with Crippen molar-refractivity contribution in [2.24, 2.45) is 28.3 Å². The summed E-state index contributed by atoms with van der Waals surface area (Å²) in [4.78, 5) is 106. The summed E-state index contributed by atoms with van der Waals surface area (Å²) in [6, 6.07) is 11.6. The maximum atomic E-state index is 14.5. The highest BCUT2D eigenvalue weighted by molar-refractivity contribution is 5.98. The van der Waals surface area contributed by atoms with E-state index in [1.807, 2.05) is 68.4 Å². The molecule has 2 aromatic carbocycles. The normalized spacial score (nSPS) is 22.4. The predicted molar refractivity (Wildman–Crippen MR) is 235 cm³/mol. The number of aromatic nitrogens is 1. The van der Waals surface area contributed by atoms with E-state index in [4.69, 9.17) is 11.5 Å². The Hall–Kier alpha value is -6.26. The molecule has 0 unspecified atom stereocenters. The monoisotopic (exact) mass is 854 g/mol. The van der Waals surface area contributed by atoms with Gasteiger partial charge < -0.3 is 47.9 Å². The molecular weight excluding hydrogens is 793 g/mol. The van der Waals surface area contributed by atoms with Crippen molar-refractivity contribution in [1.82, 2.24) is 36.5 Å². The average molecular weight is 855 g/mol. The number of Topliss-reactive ketones (excluding diaryl/α,β-unsaturated/α-hetero) is 1. The Morgan fingerprint density at radius 3 is 2.35 bits per heavy atom. The number of nitrogens with two attached hydrogens (primary N) is 2. The van der Waals surface area contributed by atoms with Gasteiger partial charge in [0.2, 0.25) is 35.4 Å². The lowest BCUT2D eigenvalue weighted by Gasteiger charge is -2.31. The molecule has 5 rings (SSSR count). The summed E-state index contributed by atoms with van der Waals surface area (Å²) in [5.74, 6) is -4.29. The number of ketones is 1. The number of amides is 6. The van der Waals surface area contributed by atoms with Crippen LogP contribution in [-0.2, 0) is 46.4 Å². The molecule has 1 aromatic heterocycles. The molecule has 0 spiro atoms. The molecule has 0 saturated carbocycles. The van der Waals surface area contributed by atoms with Crippen LogP contribution in [0.5, 0.6) is 0 Å². The van der Waals surface area contributed by atoms with E-state index in [9.17, 15) is 33.6 Å². The van der Waals surface area contributed by atoms with Gasteiger partial charge in [0.1, 0.15) is 24.2 Å². The van der Waals surface area contributed by atoms with Crippen LogP contribution in [-0.4, -0.2) is 107 Å². The highest BCUT2D eigenvalue weighted by atomic mass is 16.2.